The van der Waals surface area contributed by atoms with Gasteiger partial charge in [0.05, 0.1) is 16.0 Å². The van der Waals surface area contributed by atoms with Crippen molar-refractivity contribution in [2.45, 2.75) is 61.9 Å². The summed E-state index contributed by atoms with van der Waals surface area (Å²) >= 11 is 0. The van der Waals surface area contributed by atoms with Crippen LogP contribution in [0.1, 0.15) is 59.2 Å². The highest BCUT2D eigenvalue weighted by molar-refractivity contribution is 7.89. The molecular formula is C31H31F6N3O5S2. The maximum atomic E-state index is 13.5. The molecule has 47 heavy (non-hydrogen) atoms. The summed E-state index contributed by atoms with van der Waals surface area (Å²) in [4.78, 5) is 13.1. The SMILES string of the molecule is O=C(NS(=O)(=O)N(Cc1ccccc1)CC1CCC2(CC1)CC2NS(=O)(=O)c1ccccc1)c1cc(C(F)(F)F)cc(C(F)(F)F)c1. The van der Waals surface area contributed by atoms with E-state index in [1.54, 1.807) is 53.3 Å². The van der Waals surface area contributed by atoms with Gasteiger partial charge >= 0.3 is 22.6 Å². The summed E-state index contributed by atoms with van der Waals surface area (Å²) in [6, 6.07) is 16.2. The molecule has 0 radical (unpaired) electrons. The second-order valence-corrected chi connectivity index (χ2v) is 15.4. The number of benzene rings is 3. The van der Waals surface area contributed by atoms with Gasteiger partial charge in [-0.25, -0.2) is 17.9 Å². The Balaban J connectivity index is 1.30. The fourth-order valence-electron chi connectivity index (χ4n) is 6.01. The number of nitrogens with one attached hydrogen (secondary N) is 2. The van der Waals surface area contributed by atoms with Gasteiger partial charge in [0.25, 0.3) is 5.91 Å². The Labute approximate surface area is 268 Å². The molecule has 2 N–H and O–H groups in total. The summed E-state index contributed by atoms with van der Waals surface area (Å²) in [6.07, 6.45) is -7.55. The van der Waals surface area contributed by atoms with Crippen LogP contribution < -0.4 is 9.44 Å². The van der Waals surface area contributed by atoms with E-state index in [-0.39, 0.29) is 53.6 Å². The van der Waals surface area contributed by atoms with Crippen LogP contribution in [0.4, 0.5) is 26.3 Å². The highest BCUT2D eigenvalue weighted by atomic mass is 32.2. The van der Waals surface area contributed by atoms with Gasteiger partial charge in [-0.15, -0.1) is 0 Å². The van der Waals surface area contributed by atoms with Gasteiger partial charge in [0.2, 0.25) is 10.0 Å². The molecule has 5 rings (SSSR count). The van der Waals surface area contributed by atoms with Gasteiger partial charge in [-0.2, -0.15) is 39.1 Å². The number of halogens is 6. The fraction of sp³-hybridized carbons (Fsp3) is 0.387. The van der Waals surface area contributed by atoms with E-state index in [4.69, 9.17) is 0 Å². The lowest BCUT2D eigenvalue weighted by molar-refractivity contribution is -0.143. The van der Waals surface area contributed by atoms with Crippen LogP contribution in [0.2, 0.25) is 0 Å². The van der Waals surface area contributed by atoms with E-state index in [2.05, 4.69) is 4.72 Å². The van der Waals surface area contributed by atoms with Gasteiger partial charge in [-0.1, -0.05) is 48.5 Å². The number of amides is 1. The Hall–Kier alpha value is -3.47. The third-order valence-corrected chi connectivity index (χ3v) is 11.6. The molecule has 2 fully saturated rings. The molecule has 1 unspecified atom stereocenters. The number of carbonyl (C=O) groups is 1. The minimum Gasteiger partial charge on any atom is -0.268 e. The van der Waals surface area contributed by atoms with E-state index < -0.39 is 55.2 Å². The standard InChI is InChI=1S/C31H31F6N3O5S2/c32-30(33,34)24-15-23(16-25(17-24)31(35,36)37)28(41)39-47(44,45)40(19-21-7-3-1-4-8-21)20-22-11-13-29(14-12-22)18-27(29)38-46(42,43)26-9-5-2-6-10-26/h1-10,15-17,22,27,38H,11-14,18-20H2,(H,39,41). The topological polar surface area (TPSA) is 113 Å². The quantitative estimate of drug-likeness (QED) is 0.247. The van der Waals surface area contributed by atoms with Crippen molar-refractivity contribution in [1.82, 2.24) is 13.7 Å². The van der Waals surface area contributed by atoms with Gasteiger partial charge in [0.15, 0.2) is 0 Å². The zero-order chi connectivity index (χ0) is 34.3. The van der Waals surface area contributed by atoms with Gasteiger partial charge in [0, 0.05) is 24.7 Å². The molecule has 1 spiro atoms. The molecule has 2 aliphatic carbocycles. The van der Waals surface area contributed by atoms with Crippen molar-refractivity contribution in [2.24, 2.45) is 11.3 Å². The average molecular weight is 704 g/mol. The minimum atomic E-state index is -5.23. The van der Waals surface area contributed by atoms with Crippen LogP contribution in [0.5, 0.6) is 0 Å². The van der Waals surface area contributed by atoms with Crippen molar-refractivity contribution in [3.05, 3.63) is 101 Å². The third kappa shape index (κ3) is 8.34. The summed E-state index contributed by atoms with van der Waals surface area (Å²) in [5.41, 5.74) is -4.36. The number of nitrogens with zero attached hydrogens (tertiary/aromatic N) is 1. The zero-order valence-electron chi connectivity index (χ0n) is 24.7. The Morgan fingerprint density at radius 3 is 1.87 bits per heavy atom. The first kappa shape index (κ1) is 34.9. The van der Waals surface area contributed by atoms with Crippen LogP contribution in [-0.4, -0.2) is 39.6 Å². The van der Waals surface area contributed by atoms with Gasteiger partial charge < -0.3 is 0 Å². The molecule has 2 aliphatic rings. The lowest BCUT2D eigenvalue weighted by atomic mass is 9.79. The number of rotatable bonds is 10. The van der Waals surface area contributed by atoms with Crippen molar-refractivity contribution in [1.29, 1.82) is 0 Å². The second kappa shape index (κ2) is 12.9. The van der Waals surface area contributed by atoms with Gasteiger partial charge in [-0.3, -0.25) is 4.79 Å². The molecule has 16 heteroatoms. The van der Waals surface area contributed by atoms with Crippen LogP contribution >= 0.6 is 0 Å². The van der Waals surface area contributed by atoms with E-state index >= 15 is 0 Å². The van der Waals surface area contributed by atoms with Crippen molar-refractivity contribution >= 4 is 26.1 Å². The van der Waals surface area contributed by atoms with Crippen LogP contribution in [0.3, 0.4) is 0 Å². The predicted molar refractivity (Wildman–Crippen MR) is 159 cm³/mol. The van der Waals surface area contributed by atoms with Crippen LogP contribution in [0.15, 0.2) is 83.8 Å². The summed E-state index contributed by atoms with van der Waals surface area (Å²) in [5.74, 6) is -1.86. The lowest BCUT2D eigenvalue weighted by Crippen LogP contribution is -2.45. The van der Waals surface area contributed by atoms with Gasteiger partial charge in [-0.05, 0) is 79.3 Å². The van der Waals surface area contributed by atoms with E-state index in [1.807, 2.05) is 0 Å². The first-order valence-corrected chi connectivity index (χ1v) is 17.5. The Morgan fingerprint density at radius 1 is 0.809 bits per heavy atom. The first-order valence-electron chi connectivity index (χ1n) is 14.6. The Morgan fingerprint density at radius 2 is 1.34 bits per heavy atom. The van der Waals surface area contributed by atoms with Crippen molar-refractivity contribution in [3.63, 3.8) is 0 Å². The van der Waals surface area contributed by atoms with Crippen LogP contribution in [0.25, 0.3) is 0 Å². The van der Waals surface area contributed by atoms with E-state index in [0.717, 1.165) is 4.31 Å². The molecule has 0 aliphatic heterocycles. The maximum absolute atomic E-state index is 13.5. The van der Waals surface area contributed by atoms with E-state index in [1.165, 1.54) is 12.1 Å². The van der Waals surface area contributed by atoms with Crippen LogP contribution in [0, 0.1) is 11.3 Å². The highest BCUT2D eigenvalue weighted by Crippen LogP contribution is 2.57. The van der Waals surface area contributed by atoms with Gasteiger partial charge in [0.1, 0.15) is 0 Å². The number of hydrogen-bond acceptors (Lipinski definition) is 5. The Kier molecular flexibility index (Phi) is 9.54. The molecule has 3 aromatic rings. The second-order valence-electron chi connectivity index (χ2n) is 12.0. The monoisotopic (exact) mass is 703 g/mol. The third-order valence-electron chi connectivity index (χ3n) is 8.72. The lowest BCUT2D eigenvalue weighted by Gasteiger charge is -2.33. The van der Waals surface area contributed by atoms with Crippen molar-refractivity contribution in [2.75, 3.05) is 6.54 Å². The molecule has 1 atom stereocenters. The highest BCUT2D eigenvalue weighted by Gasteiger charge is 2.56. The van der Waals surface area contributed by atoms with Crippen molar-refractivity contribution < 1.29 is 48.0 Å². The molecule has 8 nitrogen and oxygen atoms in total. The Bertz CT molecular complexity index is 1780. The molecule has 0 saturated heterocycles. The molecule has 2 saturated carbocycles. The van der Waals surface area contributed by atoms with E-state index in [0.29, 0.717) is 37.7 Å². The molecule has 1 amide bonds. The summed E-state index contributed by atoms with van der Waals surface area (Å²) in [6.45, 7) is -0.314. The summed E-state index contributed by atoms with van der Waals surface area (Å²) in [7, 11) is -8.48. The summed E-state index contributed by atoms with van der Waals surface area (Å²) in [5, 5.41) is 0. The minimum absolute atomic E-state index is 0.0929. The number of carbonyl (C=O) groups excluding carboxylic acids is 1. The van der Waals surface area contributed by atoms with E-state index in [9.17, 15) is 48.0 Å². The smallest absolute Gasteiger partial charge is 0.268 e. The predicted octanol–water partition coefficient (Wildman–Crippen LogP) is 6.13. The average Bonchev–Trinajstić information content (AvgIpc) is 3.66. The molecular weight excluding hydrogens is 672 g/mol. The first-order chi connectivity index (χ1) is 21.9. The summed E-state index contributed by atoms with van der Waals surface area (Å²) < 4.78 is 138. The van der Waals surface area contributed by atoms with Crippen molar-refractivity contribution in [3.8, 4) is 0 Å². The maximum Gasteiger partial charge on any atom is 0.416 e. The molecule has 0 bridgehead atoms. The molecule has 3 aromatic carbocycles. The number of sulfonamides is 1. The molecule has 254 valence electrons. The number of hydrogen-bond donors (Lipinski definition) is 2. The number of alkyl halides is 6. The molecule has 0 heterocycles. The fourth-order valence-corrected chi connectivity index (χ4v) is 8.57. The largest absolute Gasteiger partial charge is 0.416 e. The normalized spacial score (nSPS) is 21.9. The van der Waals surface area contributed by atoms with Crippen LogP contribution in [-0.2, 0) is 39.1 Å². The zero-order valence-corrected chi connectivity index (χ0v) is 26.3. The molecule has 0 aromatic heterocycles.